The van der Waals surface area contributed by atoms with Crippen LogP contribution in [0.4, 0.5) is 0 Å². The van der Waals surface area contributed by atoms with Gasteiger partial charge in [0.05, 0.1) is 6.61 Å². The highest BCUT2D eigenvalue weighted by Gasteiger charge is 2.21. The van der Waals surface area contributed by atoms with Crippen molar-refractivity contribution in [2.24, 2.45) is 5.92 Å². The Balaban J connectivity index is 1.54. The minimum atomic E-state index is 0.627. The fourth-order valence-electron chi connectivity index (χ4n) is 2.74. The maximum absolute atomic E-state index is 5.65. The molecule has 0 aromatic heterocycles. The zero-order valence-electron chi connectivity index (χ0n) is 13.6. The van der Waals surface area contributed by atoms with Crippen LogP contribution in [0, 0.1) is 5.92 Å². The van der Waals surface area contributed by atoms with Crippen molar-refractivity contribution in [2.75, 3.05) is 32.8 Å². The zero-order chi connectivity index (χ0) is 14.9. The van der Waals surface area contributed by atoms with Crippen LogP contribution in [0.5, 0.6) is 0 Å². The van der Waals surface area contributed by atoms with Gasteiger partial charge < -0.3 is 10.1 Å². The first kappa shape index (κ1) is 16.5. The number of hydrogen-bond acceptors (Lipinski definition) is 3. The molecule has 0 radical (unpaired) electrons. The SMILES string of the molecule is CC(C)CCOCCNC1CCN(Cc2ccccc2)C1. The molecule has 1 unspecified atom stereocenters. The van der Waals surface area contributed by atoms with E-state index in [1.54, 1.807) is 0 Å². The van der Waals surface area contributed by atoms with Crippen molar-refractivity contribution in [3.05, 3.63) is 35.9 Å². The molecule has 1 aromatic carbocycles. The van der Waals surface area contributed by atoms with Crippen molar-refractivity contribution in [3.8, 4) is 0 Å². The smallest absolute Gasteiger partial charge is 0.0591 e. The quantitative estimate of drug-likeness (QED) is 0.708. The van der Waals surface area contributed by atoms with Crippen molar-refractivity contribution in [3.63, 3.8) is 0 Å². The van der Waals surface area contributed by atoms with Crippen molar-refractivity contribution in [1.82, 2.24) is 10.2 Å². The van der Waals surface area contributed by atoms with E-state index in [1.807, 2.05) is 0 Å². The third kappa shape index (κ3) is 6.60. The number of nitrogens with one attached hydrogen (secondary N) is 1. The Morgan fingerprint density at radius 1 is 1.24 bits per heavy atom. The Hall–Kier alpha value is -0.900. The molecule has 1 N–H and O–H groups in total. The highest BCUT2D eigenvalue weighted by atomic mass is 16.5. The maximum atomic E-state index is 5.65. The van der Waals surface area contributed by atoms with Gasteiger partial charge in [0.2, 0.25) is 0 Å². The van der Waals surface area contributed by atoms with Gasteiger partial charge in [-0.1, -0.05) is 44.2 Å². The Kier molecular flexibility index (Phi) is 7.20. The van der Waals surface area contributed by atoms with E-state index in [-0.39, 0.29) is 0 Å². The summed E-state index contributed by atoms with van der Waals surface area (Å²) in [5, 5.41) is 3.62. The first-order valence-electron chi connectivity index (χ1n) is 8.31. The Morgan fingerprint density at radius 3 is 2.81 bits per heavy atom. The first-order chi connectivity index (χ1) is 10.2. The fourth-order valence-corrected chi connectivity index (χ4v) is 2.74. The molecule has 2 rings (SSSR count). The second-order valence-corrected chi connectivity index (χ2v) is 6.46. The summed E-state index contributed by atoms with van der Waals surface area (Å²) in [6.45, 7) is 10.6. The van der Waals surface area contributed by atoms with Crippen LogP contribution in [-0.2, 0) is 11.3 Å². The average Bonchev–Trinajstić information content (AvgIpc) is 2.91. The monoisotopic (exact) mass is 290 g/mol. The number of hydrogen-bond donors (Lipinski definition) is 1. The predicted molar refractivity (Wildman–Crippen MR) is 88.4 cm³/mol. The van der Waals surface area contributed by atoms with Gasteiger partial charge in [0.1, 0.15) is 0 Å². The lowest BCUT2D eigenvalue weighted by atomic mass is 10.1. The highest BCUT2D eigenvalue weighted by molar-refractivity contribution is 5.14. The summed E-state index contributed by atoms with van der Waals surface area (Å²) in [5.41, 5.74) is 1.41. The van der Waals surface area contributed by atoms with Gasteiger partial charge in [0, 0.05) is 38.8 Å². The largest absolute Gasteiger partial charge is 0.380 e. The fraction of sp³-hybridized carbons (Fsp3) is 0.667. The second kappa shape index (κ2) is 9.19. The van der Waals surface area contributed by atoms with E-state index in [4.69, 9.17) is 4.74 Å². The maximum Gasteiger partial charge on any atom is 0.0591 e. The number of nitrogens with zero attached hydrogens (tertiary/aromatic N) is 1. The van der Waals surface area contributed by atoms with E-state index in [0.717, 1.165) is 45.2 Å². The Labute approximate surface area is 129 Å². The van der Waals surface area contributed by atoms with E-state index >= 15 is 0 Å². The van der Waals surface area contributed by atoms with Crippen LogP contribution >= 0.6 is 0 Å². The van der Waals surface area contributed by atoms with Crippen molar-refractivity contribution >= 4 is 0 Å². The van der Waals surface area contributed by atoms with Gasteiger partial charge in [-0.25, -0.2) is 0 Å². The molecule has 1 heterocycles. The number of rotatable bonds is 9. The van der Waals surface area contributed by atoms with E-state index in [1.165, 1.54) is 18.5 Å². The molecule has 0 bridgehead atoms. The summed E-state index contributed by atoms with van der Waals surface area (Å²) < 4.78 is 5.65. The minimum Gasteiger partial charge on any atom is -0.380 e. The highest BCUT2D eigenvalue weighted by Crippen LogP contribution is 2.13. The van der Waals surface area contributed by atoms with Crippen molar-refractivity contribution in [1.29, 1.82) is 0 Å². The van der Waals surface area contributed by atoms with Crippen LogP contribution in [0.25, 0.3) is 0 Å². The van der Waals surface area contributed by atoms with Gasteiger partial charge in [-0.3, -0.25) is 4.90 Å². The van der Waals surface area contributed by atoms with E-state index in [9.17, 15) is 0 Å². The molecule has 21 heavy (non-hydrogen) atoms. The summed E-state index contributed by atoms with van der Waals surface area (Å²) in [5.74, 6) is 0.735. The van der Waals surface area contributed by atoms with Gasteiger partial charge in [-0.15, -0.1) is 0 Å². The van der Waals surface area contributed by atoms with Crippen LogP contribution in [0.3, 0.4) is 0 Å². The summed E-state index contributed by atoms with van der Waals surface area (Å²) in [6.07, 6.45) is 2.41. The molecule has 0 saturated carbocycles. The average molecular weight is 290 g/mol. The normalized spacial score (nSPS) is 19.5. The lowest BCUT2D eigenvalue weighted by Gasteiger charge is -2.17. The predicted octanol–water partition coefficient (Wildman–Crippen LogP) is 2.91. The first-order valence-corrected chi connectivity index (χ1v) is 8.31. The second-order valence-electron chi connectivity index (χ2n) is 6.46. The number of ether oxygens (including phenoxy) is 1. The molecule has 0 aliphatic carbocycles. The van der Waals surface area contributed by atoms with Gasteiger partial charge in [0.15, 0.2) is 0 Å². The Bertz CT molecular complexity index is 380. The number of benzene rings is 1. The Morgan fingerprint density at radius 2 is 2.05 bits per heavy atom. The van der Waals surface area contributed by atoms with E-state index in [2.05, 4.69) is 54.4 Å². The zero-order valence-corrected chi connectivity index (χ0v) is 13.6. The van der Waals surface area contributed by atoms with Gasteiger partial charge in [0.25, 0.3) is 0 Å². The molecule has 1 aliphatic heterocycles. The summed E-state index contributed by atoms with van der Waals surface area (Å²) in [6, 6.07) is 11.4. The molecular weight excluding hydrogens is 260 g/mol. The van der Waals surface area contributed by atoms with Gasteiger partial charge >= 0.3 is 0 Å². The third-order valence-corrected chi connectivity index (χ3v) is 4.04. The number of likely N-dealkylation sites (tertiary alicyclic amines) is 1. The van der Waals surface area contributed by atoms with Crippen molar-refractivity contribution in [2.45, 2.75) is 39.3 Å². The van der Waals surface area contributed by atoms with E-state index in [0.29, 0.717) is 6.04 Å². The van der Waals surface area contributed by atoms with Crippen LogP contribution < -0.4 is 5.32 Å². The van der Waals surface area contributed by atoms with Gasteiger partial charge in [-0.05, 0) is 24.3 Å². The van der Waals surface area contributed by atoms with Crippen LogP contribution in [0.15, 0.2) is 30.3 Å². The molecule has 1 saturated heterocycles. The van der Waals surface area contributed by atoms with Crippen LogP contribution in [0.1, 0.15) is 32.3 Å². The topological polar surface area (TPSA) is 24.5 Å². The standard InChI is InChI=1S/C18H30N2O/c1-16(2)9-12-21-13-10-19-18-8-11-20(15-18)14-17-6-4-3-5-7-17/h3-7,16,18-19H,8-15H2,1-2H3. The molecule has 3 nitrogen and oxygen atoms in total. The molecule has 118 valence electrons. The molecule has 3 heteroatoms. The molecule has 1 aromatic rings. The summed E-state index contributed by atoms with van der Waals surface area (Å²) in [7, 11) is 0. The molecular formula is C18H30N2O. The third-order valence-electron chi connectivity index (χ3n) is 4.04. The summed E-state index contributed by atoms with van der Waals surface area (Å²) in [4.78, 5) is 2.53. The molecule has 1 atom stereocenters. The molecule has 1 fully saturated rings. The van der Waals surface area contributed by atoms with Gasteiger partial charge in [-0.2, -0.15) is 0 Å². The minimum absolute atomic E-state index is 0.627. The summed E-state index contributed by atoms with van der Waals surface area (Å²) >= 11 is 0. The lowest BCUT2D eigenvalue weighted by Crippen LogP contribution is -2.34. The van der Waals surface area contributed by atoms with E-state index < -0.39 is 0 Å². The molecule has 0 amide bonds. The van der Waals surface area contributed by atoms with Crippen LogP contribution in [0.2, 0.25) is 0 Å². The van der Waals surface area contributed by atoms with Crippen LogP contribution in [-0.4, -0.2) is 43.8 Å². The lowest BCUT2D eigenvalue weighted by molar-refractivity contribution is 0.123. The van der Waals surface area contributed by atoms with Crippen molar-refractivity contribution < 1.29 is 4.74 Å². The molecule has 0 spiro atoms. The molecule has 1 aliphatic rings.